The molecule has 4 aromatic rings. The molecule has 0 bridgehead atoms. The number of fused-ring (bicyclic) bond motifs is 1. The number of allylic oxidation sites excluding steroid dienone is 1. The van der Waals surface area contributed by atoms with E-state index in [4.69, 9.17) is 19.6 Å². The summed E-state index contributed by atoms with van der Waals surface area (Å²) in [4.78, 5) is 18.5. The Balaban J connectivity index is 1.54. The van der Waals surface area contributed by atoms with E-state index in [9.17, 15) is 4.79 Å². The van der Waals surface area contributed by atoms with Gasteiger partial charge in [0, 0.05) is 21.5 Å². The predicted octanol–water partition coefficient (Wildman–Crippen LogP) is 7.46. The van der Waals surface area contributed by atoms with Crippen molar-refractivity contribution in [3.63, 3.8) is 0 Å². The van der Waals surface area contributed by atoms with Gasteiger partial charge in [0.1, 0.15) is 25.0 Å². The number of esters is 1. The highest BCUT2D eigenvalue weighted by atomic mass is 79.9. The molecule has 1 aliphatic heterocycles. The monoisotopic (exact) mass is 618 g/mol. The number of nitrogens with one attached hydrogen (secondary N) is 1. The minimum atomic E-state index is -0.604. The van der Waals surface area contributed by atoms with Gasteiger partial charge in [-0.15, -0.1) is 5.10 Å². The molecule has 206 valence electrons. The van der Waals surface area contributed by atoms with E-state index < -0.39 is 12.0 Å². The van der Waals surface area contributed by atoms with Gasteiger partial charge in [0.05, 0.1) is 5.57 Å². The lowest BCUT2D eigenvalue weighted by Crippen LogP contribution is -2.30. The van der Waals surface area contributed by atoms with Gasteiger partial charge in [0.2, 0.25) is 11.1 Å². The summed E-state index contributed by atoms with van der Waals surface area (Å²) in [6.07, 6.45) is 1.00. The van der Waals surface area contributed by atoms with Crippen molar-refractivity contribution in [2.45, 2.75) is 51.6 Å². The van der Waals surface area contributed by atoms with Gasteiger partial charge >= 0.3 is 5.97 Å². The van der Waals surface area contributed by atoms with E-state index in [0.29, 0.717) is 34.7 Å². The number of ether oxygens (including phenoxy) is 2. The minimum Gasteiger partial charge on any atom is -0.489 e. The Labute approximate surface area is 247 Å². The van der Waals surface area contributed by atoms with E-state index in [0.717, 1.165) is 38.9 Å². The van der Waals surface area contributed by atoms with Gasteiger partial charge in [0.25, 0.3) is 0 Å². The van der Waals surface area contributed by atoms with Gasteiger partial charge in [-0.25, -0.2) is 9.48 Å². The highest BCUT2D eigenvalue weighted by Gasteiger charge is 2.37. The minimum absolute atomic E-state index is 0.167. The molecule has 40 heavy (non-hydrogen) atoms. The smallest absolute Gasteiger partial charge is 0.338 e. The van der Waals surface area contributed by atoms with Gasteiger partial charge < -0.3 is 14.8 Å². The Kier molecular flexibility index (Phi) is 8.91. The summed E-state index contributed by atoms with van der Waals surface area (Å²) >= 11 is 5.22. The fraction of sp³-hybridized carbons (Fsp3) is 0.258. The van der Waals surface area contributed by atoms with Gasteiger partial charge in [-0.3, -0.25) is 0 Å². The van der Waals surface area contributed by atoms with Crippen molar-refractivity contribution in [2.24, 2.45) is 0 Å². The number of rotatable bonds is 10. The third-order valence-electron chi connectivity index (χ3n) is 6.61. The van der Waals surface area contributed by atoms with Crippen LogP contribution in [0, 0.1) is 6.92 Å². The summed E-state index contributed by atoms with van der Waals surface area (Å²) in [7, 11) is 0. The molecule has 1 atom stereocenters. The number of aryl methyl sites for hydroxylation is 1. The number of nitrogens with zero attached hydrogens (tertiary/aromatic N) is 3. The SMILES string of the molecule is CCCSc1nc2n(n1)C(c1cc(Br)ccc1OCc1ccccc1C)C(C(=O)OCc1ccccc1)=C(C)N2. The normalized spacial score (nSPS) is 14.4. The van der Waals surface area contributed by atoms with Crippen molar-refractivity contribution in [3.05, 3.63) is 111 Å². The topological polar surface area (TPSA) is 78.3 Å². The quantitative estimate of drug-likeness (QED) is 0.146. The third kappa shape index (κ3) is 6.26. The van der Waals surface area contributed by atoms with Crippen LogP contribution in [0.2, 0.25) is 0 Å². The molecular weight excluding hydrogens is 588 g/mol. The van der Waals surface area contributed by atoms with E-state index in [2.05, 4.69) is 47.2 Å². The molecule has 1 unspecified atom stereocenters. The van der Waals surface area contributed by atoms with Crippen LogP contribution in [0.4, 0.5) is 5.95 Å². The number of hydrogen-bond donors (Lipinski definition) is 1. The first-order chi connectivity index (χ1) is 19.4. The average Bonchev–Trinajstić information content (AvgIpc) is 3.37. The van der Waals surface area contributed by atoms with Crippen LogP contribution in [0.25, 0.3) is 0 Å². The Bertz CT molecular complexity index is 1540. The maximum Gasteiger partial charge on any atom is 0.338 e. The van der Waals surface area contributed by atoms with E-state index in [1.807, 2.05) is 67.6 Å². The van der Waals surface area contributed by atoms with Crippen LogP contribution in [0.1, 0.15) is 48.6 Å². The third-order valence-corrected chi connectivity index (χ3v) is 8.15. The molecule has 1 aliphatic rings. The molecule has 0 spiro atoms. The summed E-state index contributed by atoms with van der Waals surface area (Å²) in [5.41, 5.74) is 5.07. The van der Waals surface area contributed by atoms with Crippen LogP contribution in [-0.4, -0.2) is 26.5 Å². The van der Waals surface area contributed by atoms with Crippen molar-refractivity contribution in [2.75, 3.05) is 11.1 Å². The fourth-order valence-electron chi connectivity index (χ4n) is 4.53. The lowest BCUT2D eigenvalue weighted by atomic mass is 9.95. The lowest BCUT2D eigenvalue weighted by Gasteiger charge is -2.29. The second kappa shape index (κ2) is 12.7. The maximum absolute atomic E-state index is 13.7. The van der Waals surface area contributed by atoms with Crippen molar-refractivity contribution in [1.82, 2.24) is 14.8 Å². The molecule has 0 aliphatic carbocycles. The molecule has 1 aromatic heterocycles. The number of carbonyl (C=O) groups is 1. The summed E-state index contributed by atoms with van der Waals surface area (Å²) < 4.78 is 14.9. The van der Waals surface area contributed by atoms with Crippen molar-refractivity contribution < 1.29 is 14.3 Å². The average molecular weight is 620 g/mol. The zero-order valence-electron chi connectivity index (χ0n) is 22.7. The number of benzene rings is 3. The van der Waals surface area contributed by atoms with Gasteiger partial charge in [-0.2, -0.15) is 4.98 Å². The van der Waals surface area contributed by atoms with Gasteiger partial charge in [-0.1, -0.05) is 89.2 Å². The zero-order chi connectivity index (χ0) is 28.1. The summed E-state index contributed by atoms with van der Waals surface area (Å²) in [6, 6.07) is 23.0. The maximum atomic E-state index is 13.7. The van der Waals surface area contributed by atoms with Crippen LogP contribution in [0.3, 0.4) is 0 Å². The Morgan fingerprint density at radius 3 is 2.60 bits per heavy atom. The van der Waals surface area contributed by atoms with Crippen molar-refractivity contribution in [3.8, 4) is 5.75 Å². The Hall–Kier alpha value is -3.56. The molecule has 5 rings (SSSR count). The van der Waals surface area contributed by atoms with Crippen molar-refractivity contribution in [1.29, 1.82) is 0 Å². The molecule has 0 saturated heterocycles. The second-order valence-corrected chi connectivity index (χ2v) is 11.5. The molecule has 1 N–H and O–H groups in total. The van der Waals surface area contributed by atoms with Crippen LogP contribution < -0.4 is 10.1 Å². The van der Waals surface area contributed by atoms with Crippen LogP contribution in [-0.2, 0) is 22.7 Å². The number of hydrogen-bond acceptors (Lipinski definition) is 7. The van der Waals surface area contributed by atoms with E-state index in [1.54, 1.807) is 16.4 Å². The Morgan fingerprint density at radius 2 is 1.82 bits per heavy atom. The molecule has 0 saturated carbocycles. The van der Waals surface area contributed by atoms with E-state index in [1.165, 1.54) is 0 Å². The van der Waals surface area contributed by atoms with Gasteiger partial charge in [-0.05, 0) is 55.2 Å². The van der Waals surface area contributed by atoms with Crippen LogP contribution in [0.5, 0.6) is 5.75 Å². The van der Waals surface area contributed by atoms with Crippen LogP contribution >= 0.6 is 27.7 Å². The number of anilines is 1. The highest BCUT2D eigenvalue weighted by Crippen LogP contribution is 2.41. The molecular formula is C31H31BrN4O3S. The first-order valence-electron chi connectivity index (χ1n) is 13.2. The number of carbonyl (C=O) groups excluding carboxylic acids is 1. The fourth-order valence-corrected chi connectivity index (χ4v) is 5.59. The van der Waals surface area contributed by atoms with E-state index in [-0.39, 0.29) is 6.61 Å². The second-order valence-electron chi connectivity index (χ2n) is 9.54. The summed E-state index contributed by atoms with van der Waals surface area (Å²) in [6.45, 7) is 6.62. The zero-order valence-corrected chi connectivity index (χ0v) is 25.1. The first kappa shape index (κ1) is 28.0. The molecule has 0 amide bonds. The first-order valence-corrected chi connectivity index (χ1v) is 15.0. The molecule has 2 heterocycles. The number of aromatic nitrogens is 3. The largest absolute Gasteiger partial charge is 0.489 e. The summed E-state index contributed by atoms with van der Waals surface area (Å²) in [5.74, 6) is 1.70. The van der Waals surface area contributed by atoms with Crippen LogP contribution in [0.15, 0.2) is 93.7 Å². The van der Waals surface area contributed by atoms with Gasteiger partial charge in [0.15, 0.2) is 0 Å². The molecule has 0 fully saturated rings. The lowest BCUT2D eigenvalue weighted by molar-refractivity contribution is -0.140. The van der Waals surface area contributed by atoms with Crippen molar-refractivity contribution >= 4 is 39.6 Å². The Morgan fingerprint density at radius 1 is 1.05 bits per heavy atom. The molecule has 9 heteroatoms. The highest BCUT2D eigenvalue weighted by molar-refractivity contribution is 9.10. The predicted molar refractivity (Wildman–Crippen MR) is 161 cm³/mol. The van der Waals surface area contributed by atoms with E-state index >= 15 is 0 Å². The molecule has 7 nitrogen and oxygen atoms in total. The number of halogens is 1. The number of thioether (sulfide) groups is 1. The molecule has 0 radical (unpaired) electrons. The standard InChI is InChI=1S/C31H31BrN4O3S/c1-4-16-40-31-34-30-33-21(3)27(29(37)39-18-22-11-6-5-7-12-22)28(36(30)35-31)25-17-24(32)14-15-26(25)38-19-23-13-9-8-10-20(23)2/h5-15,17,28H,4,16,18-19H2,1-3H3,(H,33,34,35). The molecule has 3 aromatic carbocycles. The summed E-state index contributed by atoms with van der Waals surface area (Å²) in [5, 5.41) is 8.77.